The molecule has 2 aliphatic rings. The lowest BCUT2D eigenvalue weighted by molar-refractivity contribution is -0.385. The highest BCUT2D eigenvalue weighted by Crippen LogP contribution is 2.47. The second-order valence-corrected chi connectivity index (χ2v) is 17.7. The van der Waals surface area contributed by atoms with E-state index in [1.807, 2.05) is 0 Å². The van der Waals surface area contributed by atoms with Crippen molar-refractivity contribution in [1.82, 2.24) is 10.2 Å². The number of ether oxygens (including phenoxy) is 2. The molecule has 1 saturated carbocycles. The number of nitro groups is 2. The third kappa shape index (κ3) is 8.32. The maximum Gasteiger partial charge on any atom is 0.410 e. The molecular weight excluding hydrogens is 588 g/mol. The summed E-state index contributed by atoms with van der Waals surface area (Å²) in [4.78, 5) is 48.2. The van der Waals surface area contributed by atoms with E-state index in [0.717, 1.165) is 6.42 Å². The van der Waals surface area contributed by atoms with E-state index >= 15 is 0 Å². The number of carbonyl (C=O) groups excluding carboxylic acids is 2. The number of carbonyl (C=O) groups is 2. The predicted molar refractivity (Wildman–Crippen MR) is 163 cm³/mol. The van der Waals surface area contributed by atoms with Gasteiger partial charge in [-0.25, -0.2) is 9.59 Å². The Morgan fingerprint density at radius 1 is 0.909 bits per heavy atom. The molecule has 0 bridgehead atoms. The van der Waals surface area contributed by atoms with Crippen molar-refractivity contribution in [3.63, 3.8) is 0 Å². The van der Waals surface area contributed by atoms with Crippen molar-refractivity contribution < 1.29 is 33.3 Å². The van der Waals surface area contributed by atoms with Gasteiger partial charge in [-0.2, -0.15) is 0 Å². The number of rotatable bonds is 11. The topological polar surface area (TPSA) is 163 Å². The van der Waals surface area contributed by atoms with E-state index in [9.17, 15) is 29.8 Å². The smallest absolute Gasteiger partial charge is 0.410 e. The SMILES string of the molecule is CC(C)(C)[Si](C)(C)O[C@@H]1C[C@@H]([C@@H]2C[C@H]2CNC(=O)OCc2ccc([N+](=O)[O-])cc2)N(C(=O)OCc2ccc([N+](=O)[O-])cc2)C1. The highest BCUT2D eigenvalue weighted by Gasteiger charge is 2.52. The van der Waals surface area contributed by atoms with E-state index < -0.39 is 30.4 Å². The van der Waals surface area contributed by atoms with Crippen molar-refractivity contribution in [3.05, 3.63) is 79.9 Å². The van der Waals surface area contributed by atoms with Crippen LogP contribution in [-0.2, 0) is 27.1 Å². The number of benzene rings is 2. The van der Waals surface area contributed by atoms with Crippen molar-refractivity contribution >= 4 is 31.9 Å². The van der Waals surface area contributed by atoms with Gasteiger partial charge in [-0.05, 0) is 78.2 Å². The van der Waals surface area contributed by atoms with Gasteiger partial charge in [0.05, 0.1) is 16.0 Å². The molecule has 2 fully saturated rings. The molecule has 1 aliphatic carbocycles. The minimum Gasteiger partial charge on any atom is -0.445 e. The fraction of sp³-hybridized carbons (Fsp3) is 0.533. The Balaban J connectivity index is 1.33. The molecule has 13 nitrogen and oxygen atoms in total. The summed E-state index contributed by atoms with van der Waals surface area (Å²) in [7, 11) is -2.10. The lowest BCUT2D eigenvalue weighted by Gasteiger charge is -2.38. The molecule has 0 radical (unpaired) electrons. The third-order valence-corrected chi connectivity index (χ3v) is 13.3. The normalized spacial score (nSPS) is 21.4. The molecule has 2 aromatic rings. The molecule has 1 heterocycles. The van der Waals surface area contributed by atoms with Crippen LogP contribution in [-0.4, -0.2) is 60.5 Å². The van der Waals surface area contributed by atoms with Crippen LogP contribution in [0.1, 0.15) is 44.7 Å². The largest absolute Gasteiger partial charge is 0.445 e. The number of non-ortho nitro benzene ring substituents is 2. The van der Waals surface area contributed by atoms with Gasteiger partial charge < -0.3 is 24.1 Å². The zero-order valence-electron chi connectivity index (χ0n) is 25.7. The molecule has 44 heavy (non-hydrogen) atoms. The molecule has 0 aromatic heterocycles. The Hall–Kier alpha value is -4.04. The van der Waals surface area contributed by atoms with Crippen molar-refractivity contribution in [1.29, 1.82) is 0 Å². The molecule has 1 N–H and O–H groups in total. The van der Waals surface area contributed by atoms with E-state index in [-0.39, 0.29) is 53.6 Å². The molecule has 238 valence electrons. The highest BCUT2D eigenvalue weighted by atomic mass is 28.4. The minimum absolute atomic E-state index is 0.00715. The van der Waals surface area contributed by atoms with Crippen LogP contribution in [0.4, 0.5) is 21.0 Å². The van der Waals surface area contributed by atoms with Crippen molar-refractivity contribution in [2.24, 2.45) is 11.8 Å². The first-order valence-corrected chi connectivity index (χ1v) is 17.5. The van der Waals surface area contributed by atoms with E-state index in [0.29, 0.717) is 30.6 Å². The van der Waals surface area contributed by atoms with Gasteiger partial charge >= 0.3 is 12.2 Å². The maximum atomic E-state index is 13.3. The first kappa shape index (κ1) is 32.9. The minimum atomic E-state index is -2.10. The average molecular weight is 629 g/mol. The monoisotopic (exact) mass is 628 g/mol. The Bertz CT molecular complexity index is 1360. The molecule has 2 aromatic carbocycles. The zero-order chi connectivity index (χ0) is 32.2. The van der Waals surface area contributed by atoms with Crippen LogP contribution < -0.4 is 5.32 Å². The van der Waals surface area contributed by atoms with Crippen LogP contribution in [0.3, 0.4) is 0 Å². The second-order valence-electron chi connectivity index (χ2n) is 13.0. The van der Waals surface area contributed by atoms with Gasteiger partial charge in [0.25, 0.3) is 11.4 Å². The molecule has 0 unspecified atom stereocenters. The number of hydrogen-bond acceptors (Lipinski definition) is 9. The van der Waals surface area contributed by atoms with E-state index in [2.05, 4.69) is 39.2 Å². The summed E-state index contributed by atoms with van der Waals surface area (Å²) in [6.07, 6.45) is 0.320. The van der Waals surface area contributed by atoms with Gasteiger partial charge in [-0.1, -0.05) is 20.8 Å². The van der Waals surface area contributed by atoms with E-state index in [1.54, 1.807) is 29.2 Å². The van der Waals surface area contributed by atoms with Gasteiger partial charge in [0.1, 0.15) is 13.2 Å². The zero-order valence-corrected chi connectivity index (χ0v) is 26.7. The molecule has 2 amide bonds. The van der Waals surface area contributed by atoms with Crippen molar-refractivity contribution in [2.45, 2.75) is 77.1 Å². The van der Waals surface area contributed by atoms with E-state index in [1.165, 1.54) is 24.3 Å². The molecule has 0 spiro atoms. The number of hydrogen-bond donors (Lipinski definition) is 1. The number of alkyl carbamates (subject to hydrolysis) is 1. The maximum absolute atomic E-state index is 13.3. The molecule has 4 atom stereocenters. The molecule has 14 heteroatoms. The number of nitrogens with zero attached hydrogens (tertiary/aromatic N) is 3. The van der Waals surface area contributed by atoms with E-state index in [4.69, 9.17) is 13.9 Å². The number of nitrogens with one attached hydrogen (secondary N) is 1. The van der Waals surface area contributed by atoms with Gasteiger partial charge in [-0.3, -0.25) is 20.2 Å². The summed E-state index contributed by atoms with van der Waals surface area (Å²) in [5.41, 5.74) is 1.21. The number of amides is 2. The van der Waals surface area contributed by atoms with Crippen LogP contribution in [0, 0.1) is 32.1 Å². The van der Waals surface area contributed by atoms with Crippen molar-refractivity contribution in [3.8, 4) is 0 Å². The van der Waals surface area contributed by atoms with Crippen LogP contribution in [0.2, 0.25) is 18.1 Å². The quantitative estimate of drug-likeness (QED) is 0.174. The fourth-order valence-corrected chi connectivity index (χ4v) is 6.53. The molecule has 4 rings (SSSR count). The first-order chi connectivity index (χ1) is 20.6. The summed E-state index contributed by atoms with van der Waals surface area (Å²) in [6.45, 7) is 11.7. The first-order valence-electron chi connectivity index (χ1n) is 14.6. The molecular formula is C30H40N4O9Si. The standard InChI is InChI=1S/C30H40N4O9Si/c1-30(2,3)44(4,5)43-25-15-27(32(17-25)29(36)42-19-21-8-12-24(13-9-21)34(39)40)26-14-22(26)16-31-28(35)41-18-20-6-10-23(11-7-20)33(37)38/h6-13,22,25-27H,14-19H2,1-5H3,(H,31,35)/t22-,25+,26+,27-/m0/s1. The lowest BCUT2D eigenvalue weighted by Crippen LogP contribution is -2.44. The Morgan fingerprint density at radius 2 is 1.43 bits per heavy atom. The van der Waals surface area contributed by atoms with Crippen LogP contribution in [0.5, 0.6) is 0 Å². The summed E-state index contributed by atoms with van der Waals surface area (Å²) >= 11 is 0. The Morgan fingerprint density at radius 3 is 1.93 bits per heavy atom. The van der Waals surface area contributed by atoms with Crippen LogP contribution in [0.25, 0.3) is 0 Å². The van der Waals surface area contributed by atoms with Gasteiger partial charge in [0.15, 0.2) is 8.32 Å². The highest BCUT2D eigenvalue weighted by molar-refractivity contribution is 6.74. The van der Waals surface area contributed by atoms with Gasteiger partial charge in [-0.15, -0.1) is 0 Å². The summed E-state index contributed by atoms with van der Waals surface area (Å²) in [5.74, 6) is 0.313. The second kappa shape index (κ2) is 13.3. The van der Waals surface area contributed by atoms with Crippen LogP contribution in [0.15, 0.2) is 48.5 Å². The Kier molecular flexibility index (Phi) is 9.93. The lowest BCUT2D eigenvalue weighted by atomic mass is 10.1. The van der Waals surface area contributed by atoms with Crippen molar-refractivity contribution in [2.75, 3.05) is 13.1 Å². The van der Waals surface area contributed by atoms with Gasteiger partial charge in [0, 0.05) is 43.4 Å². The van der Waals surface area contributed by atoms with Crippen LogP contribution >= 0.6 is 0 Å². The summed E-state index contributed by atoms with van der Waals surface area (Å²) in [5, 5.41) is 24.5. The number of likely N-dealkylation sites (tertiary alicyclic amines) is 1. The predicted octanol–water partition coefficient (Wildman–Crippen LogP) is 6.17. The van der Waals surface area contributed by atoms with Gasteiger partial charge in [0.2, 0.25) is 0 Å². The summed E-state index contributed by atoms with van der Waals surface area (Å²) in [6, 6.07) is 11.6. The summed E-state index contributed by atoms with van der Waals surface area (Å²) < 4.78 is 17.6. The third-order valence-electron chi connectivity index (χ3n) is 8.81. The molecule has 1 saturated heterocycles. The Labute approximate surface area is 257 Å². The average Bonchev–Trinajstić information content (AvgIpc) is 3.63. The number of nitro benzene ring substituents is 2. The fourth-order valence-electron chi connectivity index (χ4n) is 5.17. The molecule has 1 aliphatic heterocycles.